The van der Waals surface area contributed by atoms with Gasteiger partial charge in [0.15, 0.2) is 5.11 Å². The highest BCUT2D eigenvalue weighted by atomic mass is 32.1. The fourth-order valence-corrected chi connectivity index (χ4v) is 5.47. The number of aromatic nitrogens is 2. The molecule has 5 rings (SSSR count). The first-order chi connectivity index (χ1) is 16.5. The quantitative estimate of drug-likeness (QED) is 0.541. The number of pyridine rings is 1. The summed E-state index contributed by atoms with van der Waals surface area (Å²) < 4.78 is 21.3. The highest BCUT2D eigenvalue weighted by molar-refractivity contribution is 7.80. The van der Waals surface area contributed by atoms with Gasteiger partial charge >= 0.3 is 0 Å². The molecule has 0 bridgehead atoms. The van der Waals surface area contributed by atoms with Crippen LogP contribution >= 0.6 is 12.2 Å². The molecule has 2 atom stereocenters. The van der Waals surface area contributed by atoms with E-state index in [1.54, 1.807) is 0 Å². The van der Waals surface area contributed by atoms with Crippen LogP contribution in [0.25, 0.3) is 5.69 Å². The highest BCUT2D eigenvalue weighted by Gasteiger charge is 2.41. The van der Waals surface area contributed by atoms with Crippen LogP contribution in [0.5, 0.6) is 0 Å². The molecule has 0 spiro atoms. The van der Waals surface area contributed by atoms with Crippen molar-refractivity contribution in [3.63, 3.8) is 0 Å². The molecule has 0 unspecified atom stereocenters. The normalized spacial score (nSPS) is 21.1. The first-order valence-corrected chi connectivity index (χ1v) is 12.2. The Morgan fingerprint density at radius 1 is 1.09 bits per heavy atom. The topological polar surface area (TPSA) is 45.6 Å². The molecule has 1 N–H and O–H groups in total. The predicted molar refractivity (Wildman–Crippen MR) is 135 cm³/mol. The number of benzene rings is 1. The molecule has 6 nitrogen and oxygen atoms in total. The van der Waals surface area contributed by atoms with Crippen molar-refractivity contribution in [2.24, 2.45) is 0 Å². The molecule has 0 saturated carbocycles. The average Bonchev–Trinajstić information content (AvgIpc) is 3.34. The van der Waals surface area contributed by atoms with E-state index in [0.29, 0.717) is 0 Å². The van der Waals surface area contributed by atoms with Crippen LogP contribution < -0.4 is 5.32 Å². The van der Waals surface area contributed by atoms with E-state index >= 15 is 0 Å². The molecular weight excluding hydrogens is 449 g/mol. The zero-order valence-electron chi connectivity index (χ0n) is 19.6. The van der Waals surface area contributed by atoms with E-state index in [4.69, 9.17) is 17.0 Å². The number of halogens is 1. The van der Waals surface area contributed by atoms with E-state index in [-0.39, 0.29) is 17.9 Å². The van der Waals surface area contributed by atoms with Crippen LogP contribution in [0.3, 0.4) is 0 Å². The molecule has 2 aromatic heterocycles. The molecule has 0 radical (unpaired) electrons. The molecule has 178 valence electrons. The van der Waals surface area contributed by atoms with Crippen molar-refractivity contribution in [1.29, 1.82) is 0 Å². The highest BCUT2D eigenvalue weighted by Crippen LogP contribution is 2.41. The molecule has 8 heteroatoms. The van der Waals surface area contributed by atoms with Gasteiger partial charge in [0.1, 0.15) is 5.82 Å². The smallest absolute Gasteiger partial charge is 0.170 e. The number of ether oxygens (including phenoxy) is 1. The molecule has 2 fully saturated rings. The third-order valence-corrected chi connectivity index (χ3v) is 7.18. The maximum absolute atomic E-state index is 13.6. The van der Waals surface area contributed by atoms with Crippen molar-refractivity contribution in [3.05, 3.63) is 83.2 Å². The Balaban J connectivity index is 1.52. The summed E-state index contributed by atoms with van der Waals surface area (Å²) in [5, 5.41) is 4.30. The number of thiocarbonyl (C=S) groups is 1. The summed E-state index contributed by atoms with van der Waals surface area (Å²) in [7, 11) is 0. The Kier molecular flexibility index (Phi) is 6.63. The number of hydrogen-bond donors (Lipinski definition) is 1. The van der Waals surface area contributed by atoms with E-state index in [1.807, 2.05) is 30.5 Å². The Bertz CT molecular complexity index is 1140. The van der Waals surface area contributed by atoms with Crippen LogP contribution in [0, 0.1) is 19.7 Å². The van der Waals surface area contributed by atoms with Gasteiger partial charge in [-0.25, -0.2) is 4.39 Å². The Labute approximate surface area is 205 Å². The third kappa shape index (κ3) is 4.45. The maximum Gasteiger partial charge on any atom is 0.170 e. The summed E-state index contributed by atoms with van der Waals surface area (Å²) >= 11 is 5.85. The molecule has 34 heavy (non-hydrogen) atoms. The van der Waals surface area contributed by atoms with E-state index in [0.717, 1.165) is 67.3 Å². The zero-order chi connectivity index (χ0) is 23.7. The van der Waals surface area contributed by atoms with Crippen molar-refractivity contribution in [1.82, 2.24) is 24.7 Å². The number of morpholine rings is 1. The van der Waals surface area contributed by atoms with E-state index < -0.39 is 0 Å². The molecule has 2 aliphatic rings. The van der Waals surface area contributed by atoms with Gasteiger partial charge in [-0.2, -0.15) is 0 Å². The molecule has 2 saturated heterocycles. The van der Waals surface area contributed by atoms with Gasteiger partial charge in [-0.05, 0) is 74.1 Å². The van der Waals surface area contributed by atoms with Gasteiger partial charge in [-0.1, -0.05) is 6.07 Å². The van der Waals surface area contributed by atoms with Crippen LogP contribution in [-0.4, -0.2) is 63.9 Å². The molecule has 4 heterocycles. The lowest BCUT2D eigenvalue weighted by Crippen LogP contribution is -2.42. The molecule has 0 amide bonds. The van der Waals surface area contributed by atoms with E-state index in [2.05, 4.69) is 50.6 Å². The first kappa shape index (κ1) is 23.0. The fraction of sp³-hybridized carbons (Fsp3) is 0.385. The lowest BCUT2D eigenvalue weighted by molar-refractivity contribution is 0.0350. The molecule has 2 aliphatic heterocycles. The minimum absolute atomic E-state index is 0.00355. The predicted octanol–water partition coefficient (Wildman–Crippen LogP) is 3.93. The Morgan fingerprint density at radius 3 is 2.56 bits per heavy atom. The first-order valence-electron chi connectivity index (χ1n) is 11.8. The summed E-state index contributed by atoms with van der Waals surface area (Å²) in [6.45, 7) is 9.41. The average molecular weight is 480 g/mol. The van der Waals surface area contributed by atoms with Crippen molar-refractivity contribution >= 4 is 17.3 Å². The molecule has 3 aromatic rings. The van der Waals surface area contributed by atoms with Crippen LogP contribution in [0.15, 0.2) is 54.7 Å². The van der Waals surface area contributed by atoms with Crippen molar-refractivity contribution in [3.8, 4) is 5.69 Å². The third-order valence-electron chi connectivity index (χ3n) is 6.83. The second-order valence-electron chi connectivity index (χ2n) is 8.91. The Morgan fingerprint density at radius 2 is 1.85 bits per heavy atom. The van der Waals surface area contributed by atoms with Gasteiger partial charge in [-0.3, -0.25) is 9.88 Å². The van der Waals surface area contributed by atoms with Crippen molar-refractivity contribution < 1.29 is 9.13 Å². The lowest BCUT2D eigenvalue weighted by atomic mass is 9.96. The van der Waals surface area contributed by atoms with Gasteiger partial charge in [0.05, 0.1) is 31.0 Å². The number of rotatable bonds is 6. The molecular formula is C26H30FN5OS. The van der Waals surface area contributed by atoms with Crippen LogP contribution in [0.2, 0.25) is 0 Å². The van der Waals surface area contributed by atoms with Crippen molar-refractivity contribution in [2.75, 3.05) is 39.4 Å². The van der Waals surface area contributed by atoms with Gasteiger partial charge in [-0.15, -0.1) is 0 Å². The molecule has 0 aliphatic carbocycles. The maximum atomic E-state index is 13.6. The van der Waals surface area contributed by atoms with Gasteiger partial charge in [0.2, 0.25) is 0 Å². The van der Waals surface area contributed by atoms with Gasteiger partial charge < -0.3 is 19.5 Å². The monoisotopic (exact) mass is 479 g/mol. The van der Waals surface area contributed by atoms with Gasteiger partial charge in [0, 0.05) is 49.5 Å². The van der Waals surface area contributed by atoms with Gasteiger partial charge in [0.25, 0.3) is 0 Å². The second kappa shape index (κ2) is 9.82. The Hall–Kier alpha value is -2.81. The minimum atomic E-state index is -0.235. The largest absolute Gasteiger partial charge is 0.379 e. The SMILES string of the molecule is Cc1cc([C@H]2[C@H](c3ccccn3)NC(=S)N2CCN2CCOCC2)c(C)n1-c1ccc(F)cc1. The number of aryl methyl sites for hydroxylation is 1. The summed E-state index contributed by atoms with van der Waals surface area (Å²) in [6.07, 6.45) is 1.83. The van der Waals surface area contributed by atoms with Crippen molar-refractivity contribution in [2.45, 2.75) is 25.9 Å². The van der Waals surface area contributed by atoms with E-state index in [1.165, 1.54) is 17.7 Å². The number of nitrogens with one attached hydrogen (secondary N) is 1. The number of hydrogen-bond acceptors (Lipinski definition) is 4. The summed E-state index contributed by atoms with van der Waals surface area (Å²) in [5.74, 6) is -0.235. The van der Waals surface area contributed by atoms with Crippen LogP contribution in [-0.2, 0) is 4.74 Å². The number of nitrogens with zero attached hydrogens (tertiary/aromatic N) is 4. The standard InChI is InChI=1S/C26H30FN5OS/c1-18-17-22(19(2)32(18)21-8-6-20(27)7-9-21)25-24(23-5-3-4-10-28-23)29-26(34)31(25)12-11-30-13-15-33-16-14-30/h3-10,17,24-25H,11-16H2,1-2H3,(H,29,34)/t24-,25-/m0/s1. The minimum Gasteiger partial charge on any atom is -0.379 e. The molecule has 1 aromatic carbocycles. The van der Waals surface area contributed by atoms with Crippen LogP contribution in [0.1, 0.15) is 34.7 Å². The zero-order valence-corrected chi connectivity index (χ0v) is 20.4. The summed E-state index contributed by atoms with van der Waals surface area (Å²) in [4.78, 5) is 9.39. The summed E-state index contributed by atoms with van der Waals surface area (Å²) in [6, 6.07) is 14.8. The fourth-order valence-electron chi connectivity index (χ4n) is 5.13. The van der Waals surface area contributed by atoms with E-state index in [9.17, 15) is 4.39 Å². The lowest BCUT2D eigenvalue weighted by Gasteiger charge is -2.32. The summed E-state index contributed by atoms with van der Waals surface area (Å²) in [5.41, 5.74) is 5.34. The second-order valence-corrected chi connectivity index (χ2v) is 9.30. The van der Waals surface area contributed by atoms with Crippen LogP contribution in [0.4, 0.5) is 4.39 Å².